The van der Waals surface area contributed by atoms with Gasteiger partial charge in [0.1, 0.15) is 11.6 Å². The van der Waals surface area contributed by atoms with E-state index in [1.165, 1.54) is 0 Å². The fourth-order valence-electron chi connectivity index (χ4n) is 2.74. The van der Waals surface area contributed by atoms with E-state index in [9.17, 15) is 23.1 Å². The zero-order valence-corrected chi connectivity index (χ0v) is 15.3. The van der Waals surface area contributed by atoms with Crippen molar-refractivity contribution in [2.75, 3.05) is 6.54 Å². The van der Waals surface area contributed by atoms with Crippen molar-refractivity contribution < 1.29 is 27.9 Å². The highest BCUT2D eigenvalue weighted by Gasteiger charge is 2.46. The molecule has 2 rings (SSSR count). The summed E-state index contributed by atoms with van der Waals surface area (Å²) in [6.45, 7) is 4.82. The number of likely N-dealkylation sites (tertiary alicyclic amines) is 1. The molecular weight excluding hydrogens is 346 g/mol. The van der Waals surface area contributed by atoms with Gasteiger partial charge in [-0.05, 0) is 32.8 Å². The molecule has 1 aliphatic rings. The Labute approximate surface area is 147 Å². The van der Waals surface area contributed by atoms with Crippen LogP contribution in [0.4, 0.5) is 4.79 Å². The summed E-state index contributed by atoms with van der Waals surface area (Å²) in [5.41, 5.74) is -0.161. The van der Waals surface area contributed by atoms with E-state index in [0.29, 0.717) is 5.56 Å². The third kappa shape index (κ3) is 4.94. The minimum atomic E-state index is -3.60. The van der Waals surface area contributed by atoms with Crippen molar-refractivity contribution in [3.8, 4) is 0 Å². The number of hydrogen-bond donors (Lipinski definition) is 1. The Morgan fingerprint density at radius 2 is 1.84 bits per heavy atom. The summed E-state index contributed by atoms with van der Waals surface area (Å²) >= 11 is 0. The summed E-state index contributed by atoms with van der Waals surface area (Å²) in [7, 11) is -3.60. The second kappa shape index (κ2) is 7.03. The fraction of sp³-hybridized carbons (Fsp3) is 0.529. The molecule has 0 radical (unpaired) electrons. The number of rotatable bonds is 4. The molecule has 0 aromatic heterocycles. The molecular formula is C17H23NO6S. The number of sulfone groups is 1. The largest absolute Gasteiger partial charge is 0.480 e. The smallest absolute Gasteiger partial charge is 0.411 e. The Morgan fingerprint density at radius 3 is 2.36 bits per heavy atom. The number of benzene rings is 1. The highest BCUT2D eigenvalue weighted by molar-refractivity contribution is 7.91. The number of carboxylic acid groups (broad SMARTS) is 1. The molecule has 0 aliphatic carbocycles. The van der Waals surface area contributed by atoms with Gasteiger partial charge in [-0.25, -0.2) is 18.0 Å². The third-order valence-electron chi connectivity index (χ3n) is 3.89. The van der Waals surface area contributed by atoms with Crippen molar-refractivity contribution in [2.24, 2.45) is 0 Å². The molecule has 138 valence electrons. The molecule has 0 bridgehead atoms. The number of aliphatic carboxylic acids is 1. The van der Waals surface area contributed by atoms with Gasteiger partial charge in [-0.15, -0.1) is 0 Å². The van der Waals surface area contributed by atoms with Crippen LogP contribution in [-0.2, 0) is 25.1 Å². The predicted molar refractivity (Wildman–Crippen MR) is 91.8 cm³/mol. The number of carbonyl (C=O) groups excluding carboxylic acids is 1. The molecule has 1 heterocycles. The maximum atomic E-state index is 12.7. The number of amides is 1. The quantitative estimate of drug-likeness (QED) is 0.872. The first-order chi connectivity index (χ1) is 11.5. The van der Waals surface area contributed by atoms with E-state index in [0.717, 1.165) is 4.90 Å². The summed E-state index contributed by atoms with van der Waals surface area (Å²) in [6.07, 6.45) is -0.943. The van der Waals surface area contributed by atoms with Crippen LogP contribution in [0.2, 0.25) is 0 Å². The molecule has 8 heteroatoms. The molecule has 1 aromatic rings. The normalized spacial score (nSPS) is 21.2. The summed E-state index contributed by atoms with van der Waals surface area (Å²) in [5, 5.41) is 8.43. The van der Waals surface area contributed by atoms with Crippen molar-refractivity contribution in [2.45, 2.75) is 49.8 Å². The molecule has 7 nitrogen and oxygen atoms in total. The second-order valence-corrected chi connectivity index (χ2v) is 9.42. The second-order valence-electron chi connectivity index (χ2n) is 7.14. The highest BCUT2D eigenvalue weighted by atomic mass is 32.2. The topological polar surface area (TPSA) is 101 Å². The molecule has 1 aliphatic heterocycles. The van der Waals surface area contributed by atoms with Crippen molar-refractivity contribution in [1.82, 2.24) is 4.90 Å². The first-order valence-corrected chi connectivity index (χ1v) is 9.69. The lowest BCUT2D eigenvalue weighted by atomic mass is 10.2. The maximum Gasteiger partial charge on any atom is 0.411 e. The average molecular weight is 369 g/mol. The van der Waals surface area contributed by atoms with Gasteiger partial charge in [-0.1, -0.05) is 30.3 Å². The first kappa shape index (κ1) is 19.2. The zero-order chi connectivity index (χ0) is 18.8. The minimum Gasteiger partial charge on any atom is -0.480 e. The molecule has 1 amide bonds. The van der Waals surface area contributed by atoms with Gasteiger partial charge in [-0.3, -0.25) is 4.90 Å². The number of ether oxygens (including phenoxy) is 1. The van der Waals surface area contributed by atoms with Crippen LogP contribution in [0.25, 0.3) is 0 Å². The van der Waals surface area contributed by atoms with Gasteiger partial charge in [0.2, 0.25) is 0 Å². The Kier molecular flexibility index (Phi) is 5.41. The van der Waals surface area contributed by atoms with Gasteiger partial charge < -0.3 is 9.84 Å². The van der Waals surface area contributed by atoms with Crippen molar-refractivity contribution in [3.05, 3.63) is 35.9 Å². The predicted octanol–water partition coefficient (Wildman–Crippen LogP) is 2.06. The lowest BCUT2D eigenvalue weighted by Crippen LogP contribution is -2.43. The fourth-order valence-corrected chi connectivity index (χ4v) is 4.49. The van der Waals surface area contributed by atoms with Crippen molar-refractivity contribution in [3.63, 3.8) is 0 Å². The van der Waals surface area contributed by atoms with E-state index < -0.39 is 38.8 Å². The van der Waals surface area contributed by atoms with Gasteiger partial charge in [0.25, 0.3) is 0 Å². The molecule has 1 saturated heterocycles. The van der Waals surface area contributed by atoms with Crippen LogP contribution in [0.15, 0.2) is 30.3 Å². The maximum absolute atomic E-state index is 12.7. The summed E-state index contributed by atoms with van der Waals surface area (Å²) in [4.78, 5) is 24.7. The highest BCUT2D eigenvalue weighted by Crippen LogP contribution is 2.27. The van der Waals surface area contributed by atoms with E-state index >= 15 is 0 Å². The van der Waals surface area contributed by atoms with Gasteiger partial charge in [-0.2, -0.15) is 0 Å². The van der Waals surface area contributed by atoms with Crippen LogP contribution >= 0.6 is 0 Å². The van der Waals surface area contributed by atoms with E-state index in [1.807, 2.05) is 0 Å². The van der Waals surface area contributed by atoms with Crippen LogP contribution in [-0.4, -0.2) is 53.9 Å². The molecule has 2 atom stereocenters. The molecule has 1 aromatic carbocycles. The van der Waals surface area contributed by atoms with Gasteiger partial charge in [0, 0.05) is 6.54 Å². The Bertz CT molecular complexity index is 738. The standard InChI is InChI=1S/C17H23NO6S/c1-17(2,3)24-16(21)18-10-13(9-14(18)15(19)20)25(22,23)11-12-7-5-4-6-8-12/h4-8,13-14H,9-11H2,1-3H3,(H,19,20)/t13-,14?/m1/s1. The van der Waals surface area contributed by atoms with Crippen LogP contribution < -0.4 is 0 Å². The van der Waals surface area contributed by atoms with E-state index in [4.69, 9.17) is 4.74 Å². The van der Waals surface area contributed by atoms with Crippen LogP contribution in [0, 0.1) is 0 Å². The van der Waals surface area contributed by atoms with E-state index in [1.54, 1.807) is 51.1 Å². The van der Waals surface area contributed by atoms with Crippen LogP contribution in [0.3, 0.4) is 0 Å². The van der Waals surface area contributed by atoms with E-state index in [2.05, 4.69) is 0 Å². The molecule has 25 heavy (non-hydrogen) atoms. The van der Waals surface area contributed by atoms with Gasteiger partial charge in [0.15, 0.2) is 9.84 Å². The lowest BCUT2D eigenvalue weighted by molar-refractivity contribution is -0.142. The van der Waals surface area contributed by atoms with Crippen LogP contribution in [0.1, 0.15) is 32.8 Å². The molecule has 1 unspecified atom stereocenters. The number of carbonyl (C=O) groups is 2. The molecule has 1 fully saturated rings. The summed E-state index contributed by atoms with van der Waals surface area (Å²) in [5.74, 6) is -1.42. The average Bonchev–Trinajstić information content (AvgIpc) is 2.92. The summed E-state index contributed by atoms with van der Waals surface area (Å²) < 4.78 is 30.5. The summed E-state index contributed by atoms with van der Waals surface area (Å²) in [6, 6.07) is 7.47. The monoisotopic (exact) mass is 369 g/mol. The molecule has 1 N–H and O–H groups in total. The molecule has 0 spiro atoms. The lowest BCUT2D eigenvalue weighted by Gasteiger charge is -2.26. The first-order valence-electron chi connectivity index (χ1n) is 7.97. The third-order valence-corrected chi connectivity index (χ3v) is 5.99. The number of carboxylic acids is 1. The minimum absolute atomic E-state index is 0.135. The van der Waals surface area contributed by atoms with Crippen LogP contribution in [0.5, 0.6) is 0 Å². The Hall–Kier alpha value is -2.09. The number of nitrogens with zero attached hydrogens (tertiary/aromatic N) is 1. The Balaban J connectivity index is 2.18. The van der Waals surface area contributed by atoms with E-state index in [-0.39, 0.29) is 18.7 Å². The Morgan fingerprint density at radius 1 is 1.24 bits per heavy atom. The van der Waals surface area contributed by atoms with Crippen molar-refractivity contribution in [1.29, 1.82) is 0 Å². The SMILES string of the molecule is CC(C)(C)OC(=O)N1C[C@H](S(=O)(=O)Cc2ccccc2)CC1C(=O)O. The number of hydrogen-bond acceptors (Lipinski definition) is 5. The van der Waals surface area contributed by atoms with Crippen molar-refractivity contribution >= 4 is 21.9 Å². The van der Waals surface area contributed by atoms with Gasteiger partial charge >= 0.3 is 12.1 Å². The van der Waals surface area contributed by atoms with Gasteiger partial charge in [0.05, 0.1) is 11.0 Å². The zero-order valence-electron chi connectivity index (χ0n) is 14.5. The molecule has 0 saturated carbocycles.